The van der Waals surface area contributed by atoms with Crippen LogP contribution < -0.4 is 11.1 Å². The van der Waals surface area contributed by atoms with Crippen molar-refractivity contribution in [2.45, 2.75) is 43.7 Å². The topological polar surface area (TPSA) is 136 Å². The van der Waals surface area contributed by atoms with Gasteiger partial charge in [-0.1, -0.05) is 26.0 Å². The number of halogens is 1. The van der Waals surface area contributed by atoms with Gasteiger partial charge in [0.05, 0.1) is 0 Å². The van der Waals surface area contributed by atoms with Crippen LogP contribution in [0.2, 0.25) is 0 Å². The van der Waals surface area contributed by atoms with Crippen LogP contribution in [0.1, 0.15) is 26.7 Å². The number of benzene rings is 1. The Balaban J connectivity index is 2.23. The van der Waals surface area contributed by atoms with Crippen LogP contribution in [0.15, 0.2) is 29.2 Å². The Morgan fingerprint density at radius 1 is 1.29 bits per heavy atom. The molecule has 0 saturated carbocycles. The number of carbonyl (C=O) groups is 3. The molecule has 1 fully saturated rings. The third-order valence-electron chi connectivity index (χ3n) is 4.25. The number of amides is 3. The zero-order valence-corrected chi connectivity index (χ0v) is 16.2. The molecule has 0 aromatic heterocycles. The van der Waals surface area contributed by atoms with Crippen LogP contribution >= 0.6 is 0 Å². The average Bonchev–Trinajstić information content (AvgIpc) is 3.09. The Morgan fingerprint density at radius 2 is 1.93 bits per heavy atom. The molecule has 1 aliphatic rings. The Morgan fingerprint density at radius 3 is 2.50 bits per heavy atom. The molecule has 0 unspecified atom stereocenters. The Hall–Kier alpha value is -2.53. The Bertz CT molecular complexity index is 873. The second kappa shape index (κ2) is 8.65. The lowest BCUT2D eigenvalue weighted by molar-refractivity contribution is -0.161. The maximum absolute atomic E-state index is 14.0. The number of hydrogen-bond donors (Lipinski definition) is 2. The quantitative estimate of drug-likeness (QED) is 0.658. The van der Waals surface area contributed by atoms with E-state index >= 15 is 0 Å². The van der Waals surface area contributed by atoms with Crippen molar-refractivity contribution in [3.63, 3.8) is 0 Å². The fraction of sp³-hybridized carbons (Fsp3) is 0.471. The van der Waals surface area contributed by atoms with Gasteiger partial charge in [0.2, 0.25) is 10.0 Å². The van der Waals surface area contributed by atoms with Crippen molar-refractivity contribution in [3.8, 4) is 0 Å². The number of sulfonamides is 1. The molecular weight excluding hydrogens is 393 g/mol. The number of nitrogens with two attached hydrogens (primary N) is 1. The number of ether oxygens (including phenoxy) is 1. The van der Waals surface area contributed by atoms with E-state index in [-0.39, 0.29) is 13.0 Å². The van der Waals surface area contributed by atoms with E-state index in [2.05, 4.69) is 0 Å². The first kappa shape index (κ1) is 21.8. The number of nitrogens with one attached hydrogen (secondary N) is 1. The third-order valence-corrected chi connectivity index (χ3v) is 6.19. The predicted molar refractivity (Wildman–Crippen MR) is 95.8 cm³/mol. The fourth-order valence-corrected chi connectivity index (χ4v) is 4.65. The number of primary amides is 1. The molecule has 2 rings (SSSR count). The molecule has 1 aliphatic heterocycles. The molecule has 0 bridgehead atoms. The van der Waals surface area contributed by atoms with Crippen molar-refractivity contribution in [3.05, 3.63) is 30.1 Å². The molecule has 2 atom stereocenters. The smallest absolute Gasteiger partial charge is 0.325 e. The van der Waals surface area contributed by atoms with Crippen molar-refractivity contribution in [1.82, 2.24) is 9.62 Å². The predicted octanol–water partition coefficient (Wildman–Crippen LogP) is 0.742. The van der Waals surface area contributed by atoms with E-state index in [9.17, 15) is 27.2 Å². The lowest BCUT2D eigenvalue weighted by atomic mass is 10.1. The maximum atomic E-state index is 14.0. The van der Waals surface area contributed by atoms with Crippen molar-refractivity contribution in [2.24, 2.45) is 11.7 Å². The summed E-state index contributed by atoms with van der Waals surface area (Å²) in [6.07, 6.45) is -0.805. The molecule has 11 heteroatoms. The molecule has 1 aromatic carbocycles. The minimum absolute atomic E-state index is 0.0102. The Kier molecular flexibility index (Phi) is 6.73. The first-order valence-electron chi connectivity index (χ1n) is 8.63. The zero-order chi connectivity index (χ0) is 21.1. The largest absolute Gasteiger partial charge is 0.451 e. The molecule has 9 nitrogen and oxygen atoms in total. The summed E-state index contributed by atoms with van der Waals surface area (Å²) in [5.41, 5.74) is 4.91. The molecule has 28 heavy (non-hydrogen) atoms. The van der Waals surface area contributed by atoms with Gasteiger partial charge in [-0.05, 0) is 30.9 Å². The maximum Gasteiger partial charge on any atom is 0.325 e. The minimum atomic E-state index is -4.28. The molecule has 0 radical (unpaired) electrons. The van der Waals surface area contributed by atoms with Crippen LogP contribution in [-0.4, -0.2) is 49.3 Å². The van der Waals surface area contributed by atoms with Gasteiger partial charge in [0.15, 0.2) is 6.10 Å². The molecule has 0 spiro atoms. The summed E-state index contributed by atoms with van der Waals surface area (Å²) in [5, 5.41) is 1.84. The third kappa shape index (κ3) is 4.65. The van der Waals surface area contributed by atoms with Gasteiger partial charge in [-0.15, -0.1) is 0 Å². The molecule has 1 aromatic rings. The van der Waals surface area contributed by atoms with E-state index < -0.39 is 56.7 Å². The zero-order valence-electron chi connectivity index (χ0n) is 15.4. The van der Waals surface area contributed by atoms with E-state index in [1.54, 1.807) is 13.8 Å². The number of esters is 1. The Labute approximate surface area is 162 Å². The summed E-state index contributed by atoms with van der Waals surface area (Å²) in [4.78, 5) is 35.0. The van der Waals surface area contributed by atoms with Crippen LogP contribution in [-0.2, 0) is 24.3 Å². The second-order valence-corrected chi connectivity index (χ2v) is 8.52. The summed E-state index contributed by atoms with van der Waals surface area (Å²) in [7, 11) is -4.28. The minimum Gasteiger partial charge on any atom is -0.451 e. The number of nitrogens with zero attached hydrogens (tertiary/aromatic N) is 1. The van der Waals surface area contributed by atoms with Gasteiger partial charge in [0.1, 0.15) is 16.8 Å². The number of imide groups is 1. The second-order valence-electron chi connectivity index (χ2n) is 6.66. The highest BCUT2D eigenvalue weighted by Crippen LogP contribution is 2.28. The van der Waals surface area contributed by atoms with E-state index in [0.717, 1.165) is 16.4 Å². The summed E-state index contributed by atoms with van der Waals surface area (Å²) in [5.74, 6) is -3.28. The van der Waals surface area contributed by atoms with Gasteiger partial charge in [-0.2, -0.15) is 4.31 Å². The highest BCUT2D eigenvalue weighted by molar-refractivity contribution is 7.89. The lowest BCUT2D eigenvalue weighted by Gasteiger charge is -2.26. The molecule has 3 amide bonds. The SMILES string of the molecule is CC(C)[C@@H](OC(=O)[C@@H]1CCCN1S(=O)(=O)c1ccccc1F)C(=O)NC(N)=O. The van der Waals surface area contributed by atoms with Crippen molar-refractivity contribution < 1.29 is 31.9 Å². The van der Waals surface area contributed by atoms with Crippen LogP contribution in [0.4, 0.5) is 9.18 Å². The van der Waals surface area contributed by atoms with Crippen LogP contribution in [0.5, 0.6) is 0 Å². The van der Waals surface area contributed by atoms with Gasteiger partial charge in [0.25, 0.3) is 5.91 Å². The fourth-order valence-electron chi connectivity index (χ4n) is 2.93. The van der Waals surface area contributed by atoms with Gasteiger partial charge in [-0.3, -0.25) is 14.9 Å². The first-order chi connectivity index (χ1) is 13.1. The van der Waals surface area contributed by atoms with E-state index in [1.807, 2.05) is 5.32 Å². The number of hydrogen-bond acceptors (Lipinski definition) is 6. The van der Waals surface area contributed by atoms with Crippen molar-refractivity contribution >= 4 is 27.9 Å². The van der Waals surface area contributed by atoms with E-state index in [4.69, 9.17) is 10.5 Å². The molecule has 0 aliphatic carbocycles. The number of urea groups is 1. The van der Waals surface area contributed by atoms with Gasteiger partial charge < -0.3 is 10.5 Å². The summed E-state index contributed by atoms with van der Waals surface area (Å²) in [6, 6.07) is 2.56. The van der Waals surface area contributed by atoms with Gasteiger partial charge in [-0.25, -0.2) is 17.6 Å². The van der Waals surface area contributed by atoms with Gasteiger partial charge in [0, 0.05) is 6.54 Å². The van der Waals surface area contributed by atoms with E-state index in [0.29, 0.717) is 6.42 Å². The molecule has 1 saturated heterocycles. The van der Waals surface area contributed by atoms with E-state index in [1.165, 1.54) is 12.1 Å². The standard InChI is InChI=1S/C17H22FN3O6S/c1-10(2)14(15(22)20-17(19)24)27-16(23)12-7-5-9-21(12)28(25,26)13-8-4-3-6-11(13)18/h3-4,6,8,10,12,14H,5,7,9H2,1-2H3,(H3,19,20,22,24)/t12-,14+/m0/s1. The number of rotatable bonds is 6. The van der Waals surface area contributed by atoms with Crippen LogP contribution in [0, 0.1) is 11.7 Å². The monoisotopic (exact) mass is 415 g/mol. The van der Waals surface area contributed by atoms with Gasteiger partial charge >= 0.3 is 12.0 Å². The van der Waals surface area contributed by atoms with Crippen LogP contribution in [0.25, 0.3) is 0 Å². The normalized spacial score (nSPS) is 18.6. The summed E-state index contributed by atoms with van der Waals surface area (Å²) < 4.78 is 45.7. The first-order valence-corrected chi connectivity index (χ1v) is 10.1. The van der Waals surface area contributed by atoms with Crippen LogP contribution in [0.3, 0.4) is 0 Å². The lowest BCUT2D eigenvalue weighted by Crippen LogP contribution is -2.48. The molecule has 3 N–H and O–H groups in total. The highest BCUT2D eigenvalue weighted by Gasteiger charge is 2.43. The molecule has 154 valence electrons. The molecule has 1 heterocycles. The van der Waals surface area contributed by atoms with Crippen molar-refractivity contribution in [1.29, 1.82) is 0 Å². The van der Waals surface area contributed by atoms with Crippen molar-refractivity contribution in [2.75, 3.05) is 6.54 Å². The summed E-state index contributed by atoms with van der Waals surface area (Å²) >= 11 is 0. The summed E-state index contributed by atoms with van der Waals surface area (Å²) in [6.45, 7) is 3.18. The number of carbonyl (C=O) groups excluding carboxylic acids is 3. The highest BCUT2D eigenvalue weighted by atomic mass is 32.2. The molecular formula is C17H22FN3O6S. The average molecular weight is 415 g/mol.